The molecule has 0 amide bonds. The SMILES string of the molecule is CCCCCNCCCCC.Cc1ccc(C(O)(C(F)(F)F)C(F)(F)F)o1. The number of nitrogens with one attached hydrogen (secondary N) is 1. The van der Waals surface area contributed by atoms with E-state index >= 15 is 0 Å². The zero-order chi connectivity index (χ0) is 21.1. The molecule has 3 nitrogen and oxygen atoms in total. The van der Waals surface area contributed by atoms with Crippen molar-refractivity contribution in [1.82, 2.24) is 5.32 Å². The molecular formula is C18H29F6NO2. The largest absolute Gasteiger partial charge is 0.463 e. The monoisotopic (exact) mass is 405 g/mol. The summed E-state index contributed by atoms with van der Waals surface area (Å²) in [5.74, 6) is -1.76. The molecule has 0 saturated carbocycles. The van der Waals surface area contributed by atoms with Crippen LogP contribution in [0.25, 0.3) is 0 Å². The number of rotatable bonds is 9. The van der Waals surface area contributed by atoms with Gasteiger partial charge in [-0.15, -0.1) is 0 Å². The Morgan fingerprint density at radius 3 is 1.59 bits per heavy atom. The van der Waals surface area contributed by atoms with Gasteiger partial charge in [-0.05, 0) is 45.0 Å². The second-order valence-electron chi connectivity index (χ2n) is 6.28. The van der Waals surface area contributed by atoms with E-state index in [1.807, 2.05) is 0 Å². The maximum absolute atomic E-state index is 12.3. The molecule has 0 aromatic carbocycles. The fourth-order valence-corrected chi connectivity index (χ4v) is 2.19. The van der Waals surface area contributed by atoms with Gasteiger partial charge < -0.3 is 14.8 Å². The molecule has 0 spiro atoms. The molecule has 0 atom stereocenters. The molecule has 1 aromatic heterocycles. The van der Waals surface area contributed by atoms with Crippen LogP contribution in [0.15, 0.2) is 16.5 Å². The molecule has 0 unspecified atom stereocenters. The predicted molar refractivity (Wildman–Crippen MR) is 91.4 cm³/mol. The van der Waals surface area contributed by atoms with Crippen LogP contribution >= 0.6 is 0 Å². The van der Waals surface area contributed by atoms with Crippen molar-refractivity contribution in [3.63, 3.8) is 0 Å². The van der Waals surface area contributed by atoms with E-state index in [4.69, 9.17) is 5.11 Å². The summed E-state index contributed by atoms with van der Waals surface area (Å²) in [5.41, 5.74) is -4.98. The van der Waals surface area contributed by atoms with Crippen LogP contribution in [0.4, 0.5) is 26.3 Å². The Morgan fingerprint density at radius 2 is 1.30 bits per heavy atom. The summed E-state index contributed by atoms with van der Waals surface area (Å²) in [6.45, 7) is 8.10. The molecular weight excluding hydrogens is 376 g/mol. The van der Waals surface area contributed by atoms with E-state index in [2.05, 4.69) is 23.6 Å². The van der Waals surface area contributed by atoms with Crippen molar-refractivity contribution in [2.75, 3.05) is 13.1 Å². The van der Waals surface area contributed by atoms with Crippen molar-refractivity contribution in [2.45, 2.75) is 77.2 Å². The molecule has 0 saturated heterocycles. The first-order valence-electron chi connectivity index (χ1n) is 9.05. The summed E-state index contributed by atoms with van der Waals surface area (Å²) in [7, 11) is 0. The zero-order valence-corrected chi connectivity index (χ0v) is 15.9. The Bertz CT molecular complexity index is 489. The normalized spacial score (nSPS) is 12.7. The van der Waals surface area contributed by atoms with Gasteiger partial charge in [0.05, 0.1) is 0 Å². The molecule has 2 N–H and O–H groups in total. The summed E-state index contributed by atoms with van der Waals surface area (Å²) >= 11 is 0. The van der Waals surface area contributed by atoms with Gasteiger partial charge in [0, 0.05) is 0 Å². The van der Waals surface area contributed by atoms with E-state index in [1.54, 1.807) is 0 Å². The summed E-state index contributed by atoms with van der Waals surface area (Å²) < 4.78 is 77.8. The standard InChI is InChI=1S/C10H23N.C8H6F6O2/c1-3-5-7-9-11-10-8-6-4-2;1-4-2-3-5(16-4)6(15,7(9,10)11)8(12,13)14/h11H,3-10H2,1-2H3;2-3,15H,1H3. The highest BCUT2D eigenvalue weighted by Gasteiger charge is 2.73. The van der Waals surface area contributed by atoms with Crippen molar-refractivity contribution in [3.05, 3.63) is 23.7 Å². The van der Waals surface area contributed by atoms with Gasteiger partial charge in [0.2, 0.25) is 0 Å². The van der Waals surface area contributed by atoms with E-state index in [0.29, 0.717) is 6.07 Å². The minimum atomic E-state index is -5.91. The smallest absolute Gasteiger partial charge is 0.433 e. The average Bonchev–Trinajstić information content (AvgIpc) is 2.98. The van der Waals surface area contributed by atoms with Crippen LogP contribution in [-0.2, 0) is 5.60 Å². The second-order valence-corrected chi connectivity index (χ2v) is 6.28. The lowest BCUT2D eigenvalue weighted by Gasteiger charge is -2.30. The Balaban J connectivity index is 0.000000541. The molecule has 9 heteroatoms. The second kappa shape index (κ2) is 11.6. The van der Waals surface area contributed by atoms with Gasteiger partial charge in [-0.2, -0.15) is 26.3 Å². The Morgan fingerprint density at radius 1 is 0.852 bits per heavy atom. The third-order valence-electron chi connectivity index (χ3n) is 3.83. The molecule has 0 aliphatic heterocycles. The molecule has 0 bridgehead atoms. The minimum Gasteiger partial charge on any atom is -0.463 e. The highest BCUT2D eigenvalue weighted by atomic mass is 19.4. The highest BCUT2D eigenvalue weighted by molar-refractivity contribution is 5.18. The van der Waals surface area contributed by atoms with Crippen LogP contribution in [0.5, 0.6) is 0 Å². The highest BCUT2D eigenvalue weighted by Crippen LogP contribution is 2.50. The zero-order valence-electron chi connectivity index (χ0n) is 15.9. The van der Waals surface area contributed by atoms with E-state index in [0.717, 1.165) is 13.0 Å². The number of furan rings is 1. The van der Waals surface area contributed by atoms with Crippen molar-refractivity contribution < 1.29 is 35.9 Å². The summed E-state index contributed by atoms with van der Waals surface area (Å²) in [4.78, 5) is 0. The molecule has 0 aliphatic carbocycles. The number of aryl methyl sites for hydroxylation is 1. The Labute approximate surface area is 156 Å². The lowest BCUT2D eigenvalue weighted by Crippen LogP contribution is -2.53. The van der Waals surface area contributed by atoms with Gasteiger partial charge in [0.15, 0.2) is 5.76 Å². The Hall–Kier alpha value is -1.22. The molecule has 1 rings (SSSR count). The number of alkyl halides is 6. The van der Waals surface area contributed by atoms with Gasteiger partial charge in [-0.1, -0.05) is 39.5 Å². The number of unbranched alkanes of at least 4 members (excludes halogenated alkanes) is 4. The summed E-state index contributed by atoms with van der Waals surface area (Å²) in [6, 6.07) is 1.34. The van der Waals surface area contributed by atoms with E-state index in [1.165, 1.54) is 51.6 Å². The van der Waals surface area contributed by atoms with Crippen LogP contribution in [0, 0.1) is 6.92 Å². The average molecular weight is 405 g/mol. The molecule has 27 heavy (non-hydrogen) atoms. The molecule has 1 aromatic rings. The number of hydrogen-bond donors (Lipinski definition) is 2. The fraction of sp³-hybridized carbons (Fsp3) is 0.778. The van der Waals surface area contributed by atoms with Crippen molar-refractivity contribution in [3.8, 4) is 0 Å². The van der Waals surface area contributed by atoms with Crippen LogP contribution in [0.2, 0.25) is 0 Å². The predicted octanol–water partition coefficient (Wildman–Crippen LogP) is 5.86. The Kier molecular flexibility index (Phi) is 11.1. The van der Waals surface area contributed by atoms with Crippen LogP contribution in [-0.4, -0.2) is 30.5 Å². The topological polar surface area (TPSA) is 45.4 Å². The van der Waals surface area contributed by atoms with Crippen molar-refractivity contribution in [1.29, 1.82) is 0 Å². The van der Waals surface area contributed by atoms with Gasteiger partial charge in [-0.3, -0.25) is 0 Å². The third kappa shape index (κ3) is 8.13. The fourth-order valence-electron chi connectivity index (χ4n) is 2.19. The first-order chi connectivity index (χ1) is 12.4. The van der Waals surface area contributed by atoms with Gasteiger partial charge in [0.1, 0.15) is 5.76 Å². The third-order valence-corrected chi connectivity index (χ3v) is 3.83. The first-order valence-corrected chi connectivity index (χ1v) is 9.05. The van der Waals surface area contributed by atoms with Crippen molar-refractivity contribution in [2.24, 2.45) is 0 Å². The van der Waals surface area contributed by atoms with E-state index < -0.39 is 23.7 Å². The van der Waals surface area contributed by atoms with Gasteiger partial charge in [-0.25, -0.2) is 0 Å². The van der Waals surface area contributed by atoms with E-state index in [9.17, 15) is 26.3 Å². The van der Waals surface area contributed by atoms with Crippen molar-refractivity contribution >= 4 is 0 Å². The number of hydrogen-bond acceptors (Lipinski definition) is 3. The quantitative estimate of drug-likeness (QED) is 0.400. The summed E-state index contributed by atoms with van der Waals surface area (Å²) in [5, 5.41) is 12.3. The molecule has 0 radical (unpaired) electrons. The summed E-state index contributed by atoms with van der Waals surface area (Å²) in [6.07, 6.45) is -3.70. The van der Waals surface area contributed by atoms with Crippen LogP contribution in [0.3, 0.4) is 0 Å². The lowest BCUT2D eigenvalue weighted by atomic mass is 10.00. The molecule has 0 aliphatic rings. The maximum atomic E-state index is 12.3. The maximum Gasteiger partial charge on any atom is 0.433 e. The molecule has 0 fully saturated rings. The number of halogens is 6. The minimum absolute atomic E-state index is 0.165. The first kappa shape index (κ1) is 25.8. The lowest BCUT2D eigenvalue weighted by molar-refractivity contribution is -0.381. The molecule has 1 heterocycles. The van der Waals surface area contributed by atoms with Gasteiger partial charge >= 0.3 is 18.0 Å². The number of aliphatic hydroxyl groups is 1. The van der Waals surface area contributed by atoms with Crippen LogP contribution < -0.4 is 5.32 Å². The van der Waals surface area contributed by atoms with E-state index in [-0.39, 0.29) is 5.76 Å². The molecule has 160 valence electrons. The van der Waals surface area contributed by atoms with Gasteiger partial charge in [0.25, 0.3) is 0 Å². The van der Waals surface area contributed by atoms with Crippen LogP contribution in [0.1, 0.15) is 63.9 Å².